The molecule has 482 valence electrons. The highest BCUT2D eigenvalue weighted by Crippen LogP contribution is 2.29. The number of nitrogens with one attached hydrogen (secondary N) is 7. The number of carboxylic acid groups (broad SMARTS) is 3. The molecule has 24 heteroatoms. The van der Waals surface area contributed by atoms with Gasteiger partial charge in [0.05, 0.1) is 45.9 Å². The molecular formula is C60H106N8O16. The number of H-pyrrole nitrogens is 1. The van der Waals surface area contributed by atoms with Gasteiger partial charge in [0.2, 0.25) is 29.5 Å². The number of Topliss-reactive ketones (excluding diaryl/α,β-unsaturated/α-hetero) is 1. The number of nitrogens with zero attached hydrogens (tertiary/aromatic N) is 1. The van der Waals surface area contributed by atoms with E-state index in [1.54, 1.807) is 12.5 Å². The molecule has 5 amide bonds. The Labute approximate surface area is 498 Å². The van der Waals surface area contributed by atoms with Gasteiger partial charge in [0, 0.05) is 76.8 Å². The number of carbonyl (C=O) groups excluding carboxylic acids is 6. The van der Waals surface area contributed by atoms with E-state index in [0.717, 1.165) is 63.5 Å². The van der Waals surface area contributed by atoms with Gasteiger partial charge in [-0.05, 0) is 83.0 Å². The molecule has 0 radical (unpaired) electrons. The smallest absolute Gasteiger partial charge is 0.326 e. The Morgan fingerprint density at radius 1 is 0.560 bits per heavy atom. The number of likely N-dealkylation sites (N-methyl/N-ethyl adjacent to an activating group) is 1. The minimum atomic E-state index is -1.18. The lowest BCUT2D eigenvalue weighted by atomic mass is 9.81. The van der Waals surface area contributed by atoms with Crippen LogP contribution in [-0.4, -0.2) is 177 Å². The van der Waals surface area contributed by atoms with Gasteiger partial charge in [-0.3, -0.25) is 43.7 Å². The Hall–Kier alpha value is -5.56. The first-order valence-electron chi connectivity index (χ1n) is 31.2. The number of rotatable bonds is 54. The molecule has 1 aromatic rings. The molecule has 0 spiro atoms. The van der Waals surface area contributed by atoms with E-state index in [1.165, 1.54) is 71.3 Å². The molecule has 1 unspecified atom stereocenters. The molecule has 10 N–H and O–H groups in total. The Bertz CT molecular complexity index is 1920. The van der Waals surface area contributed by atoms with Crippen LogP contribution in [0.3, 0.4) is 0 Å². The van der Waals surface area contributed by atoms with Crippen molar-refractivity contribution in [1.29, 1.82) is 0 Å². The maximum absolute atomic E-state index is 12.8. The standard InChI is InChI=1S/C40H72N4O10.C20H34N4O6/c1-41-37(47)31-54-29-28-53-27-26-42-36(46)25-24-34(40(51)52)44-39(50)33-22-20-32(21-23-33)30-43-35(45)18-16-14-12-10-8-6-4-2-3-5-7-9-11-13-15-17-19-38(48)49;1-2-9-29-10-11-30-14-19(26)22-8-4-3-5-18(20(27)28)23-13-17(25)7-6-16-12-21-15-24-16/h32-34H,2-31H2,1H3,(H,41,47)(H,42,46)(H,43,45)(H,44,50)(H,48,49)(H,51,52);12,15,18,23H,2-11,13-14H2,1H3,(H,21,24)(H,22,26)(H,27,28)/t;18-/m.0/s1. The molecule has 1 fully saturated rings. The SMILES string of the molecule is CCCOCCOCC(=O)NCCCC[C@H](NCC(=O)CCc1cnc[nH]1)C(=O)O.CNC(=O)COCCOCCNC(=O)CCC(NC(=O)C1CCC(CNC(=O)CCCCCCCCCCCCCCCCCCC(=O)O)CC1)C(=O)O. The number of imidazole rings is 1. The molecule has 0 bridgehead atoms. The predicted molar refractivity (Wildman–Crippen MR) is 317 cm³/mol. The van der Waals surface area contributed by atoms with Gasteiger partial charge in [0.1, 0.15) is 31.1 Å². The van der Waals surface area contributed by atoms with E-state index >= 15 is 0 Å². The maximum atomic E-state index is 12.8. The number of hydrogen-bond donors (Lipinski definition) is 10. The van der Waals surface area contributed by atoms with Crippen LogP contribution in [0.4, 0.5) is 0 Å². The second-order valence-corrected chi connectivity index (χ2v) is 21.6. The van der Waals surface area contributed by atoms with Crippen molar-refractivity contribution in [1.82, 2.24) is 41.9 Å². The van der Waals surface area contributed by atoms with Gasteiger partial charge in [-0.15, -0.1) is 0 Å². The number of aliphatic carboxylic acids is 3. The zero-order chi connectivity index (χ0) is 61.7. The Morgan fingerprint density at radius 2 is 1.10 bits per heavy atom. The number of unbranched alkanes of at least 4 members (excludes halogenated alkanes) is 16. The van der Waals surface area contributed by atoms with Gasteiger partial charge in [-0.25, -0.2) is 9.78 Å². The average molecular weight is 1200 g/mol. The Kier molecular flexibility index (Phi) is 48.2. The minimum absolute atomic E-state index is 0.0150. The molecule has 1 heterocycles. The lowest BCUT2D eigenvalue weighted by Gasteiger charge is -2.28. The van der Waals surface area contributed by atoms with Gasteiger partial charge in [0.15, 0.2) is 0 Å². The number of aromatic nitrogens is 2. The molecule has 2 atom stereocenters. The summed E-state index contributed by atoms with van der Waals surface area (Å²) in [5, 5.41) is 43.9. The third-order valence-corrected chi connectivity index (χ3v) is 14.3. The van der Waals surface area contributed by atoms with E-state index in [0.29, 0.717) is 96.6 Å². The van der Waals surface area contributed by atoms with Gasteiger partial charge in [-0.1, -0.05) is 96.8 Å². The largest absolute Gasteiger partial charge is 0.481 e. The molecule has 2 rings (SSSR count). The van der Waals surface area contributed by atoms with E-state index in [1.807, 2.05) is 6.92 Å². The number of carbonyl (C=O) groups is 9. The van der Waals surface area contributed by atoms with E-state index in [4.69, 9.17) is 24.1 Å². The quantitative estimate of drug-likeness (QED) is 0.0337. The molecular weight excluding hydrogens is 1090 g/mol. The number of hydrogen-bond acceptors (Lipinski definition) is 15. The molecule has 1 aromatic heterocycles. The number of carboxylic acids is 3. The van der Waals surface area contributed by atoms with E-state index in [2.05, 4.69) is 41.9 Å². The van der Waals surface area contributed by atoms with Crippen LogP contribution in [0.1, 0.15) is 199 Å². The molecule has 84 heavy (non-hydrogen) atoms. The van der Waals surface area contributed by atoms with Crippen LogP contribution in [0.5, 0.6) is 0 Å². The van der Waals surface area contributed by atoms with Crippen molar-refractivity contribution < 1.29 is 77.4 Å². The normalized spacial score (nSPS) is 14.5. The van der Waals surface area contributed by atoms with Crippen LogP contribution in [-0.2, 0) is 68.5 Å². The molecule has 0 aromatic carbocycles. The monoisotopic (exact) mass is 1190 g/mol. The summed E-state index contributed by atoms with van der Waals surface area (Å²) in [7, 11) is 1.52. The van der Waals surface area contributed by atoms with Crippen molar-refractivity contribution in [2.75, 3.05) is 86.1 Å². The van der Waals surface area contributed by atoms with Crippen molar-refractivity contribution >= 4 is 53.2 Å². The third kappa shape index (κ3) is 45.8. The maximum Gasteiger partial charge on any atom is 0.326 e. The summed E-state index contributed by atoms with van der Waals surface area (Å²) >= 11 is 0. The molecule has 0 aliphatic heterocycles. The lowest BCUT2D eigenvalue weighted by molar-refractivity contribution is -0.143. The first-order valence-corrected chi connectivity index (χ1v) is 31.2. The van der Waals surface area contributed by atoms with Crippen LogP contribution >= 0.6 is 0 Å². The van der Waals surface area contributed by atoms with Gasteiger partial charge >= 0.3 is 17.9 Å². The Morgan fingerprint density at radius 3 is 1.64 bits per heavy atom. The highest BCUT2D eigenvalue weighted by Gasteiger charge is 2.30. The van der Waals surface area contributed by atoms with Crippen LogP contribution in [0.15, 0.2) is 12.5 Å². The first kappa shape index (κ1) is 76.5. The number of ketones is 1. The number of aromatic amines is 1. The summed E-state index contributed by atoms with van der Waals surface area (Å²) < 4.78 is 20.9. The zero-order valence-electron chi connectivity index (χ0n) is 50.8. The summed E-state index contributed by atoms with van der Waals surface area (Å²) in [4.78, 5) is 112. The van der Waals surface area contributed by atoms with Crippen molar-refractivity contribution in [2.45, 2.75) is 212 Å². The fourth-order valence-electron chi connectivity index (χ4n) is 9.26. The molecule has 1 aliphatic rings. The van der Waals surface area contributed by atoms with Crippen molar-refractivity contribution in [3.8, 4) is 0 Å². The molecule has 1 saturated carbocycles. The summed E-state index contributed by atoms with van der Waals surface area (Å²) in [5.41, 5.74) is 0.871. The fourth-order valence-corrected chi connectivity index (χ4v) is 9.26. The van der Waals surface area contributed by atoms with Crippen LogP contribution in [0, 0.1) is 11.8 Å². The van der Waals surface area contributed by atoms with Crippen LogP contribution in [0.2, 0.25) is 0 Å². The summed E-state index contributed by atoms with van der Waals surface area (Å²) in [6.07, 6.45) is 29.1. The van der Waals surface area contributed by atoms with Crippen molar-refractivity contribution in [3.05, 3.63) is 18.2 Å². The second-order valence-electron chi connectivity index (χ2n) is 21.6. The highest BCUT2D eigenvalue weighted by atomic mass is 16.5. The van der Waals surface area contributed by atoms with Gasteiger partial charge in [0.25, 0.3) is 0 Å². The van der Waals surface area contributed by atoms with Crippen LogP contribution in [0.25, 0.3) is 0 Å². The van der Waals surface area contributed by atoms with E-state index in [9.17, 15) is 53.4 Å². The third-order valence-electron chi connectivity index (χ3n) is 14.3. The lowest BCUT2D eigenvalue weighted by Crippen LogP contribution is -2.45. The molecule has 0 saturated heterocycles. The molecule has 24 nitrogen and oxygen atoms in total. The Balaban J connectivity index is 0.000000989. The highest BCUT2D eigenvalue weighted by molar-refractivity contribution is 5.86. The van der Waals surface area contributed by atoms with E-state index < -0.39 is 30.0 Å². The first-order chi connectivity index (χ1) is 40.6. The number of ether oxygens (including phenoxy) is 4. The number of amides is 5. The second kappa shape index (κ2) is 53.0. The molecule has 1 aliphatic carbocycles. The summed E-state index contributed by atoms with van der Waals surface area (Å²) in [5.74, 6) is -3.88. The minimum Gasteiger partial charge on any atom is -0.481 e. The average Bonchev–Trinajstić information content (AvgIpc) is 4.05. The van der Waals surface area contributed by atoms with Gasteiger partial charge in [-0.2, -0.15) is 0 Å². The van der Waals surface area contributed by atoms with E-state index in [-0.39, 0.29) is 100 Å². The summed E-state index contributed by atoms with van der Waals surface area (Å²) in [6.45, 7) is 5.54. The predicted octanol–water partition coefficient (Wildman–Crippen LogP) is 5.94. The summed E-state index contributed by atoms with van der Waals surface area (Å²) in [6, 6.07) is -1.94. The fraction of sp³-hybridized carbons (Fsp3) is 0.800. The number of aryl methyl sites for hydroxylation is 1. The van der Waals surface area contributed by atoms with Gasteiger partial charge < -0.3 is 65.8 Å². The zero-order valence-corrected chi connectivity index (χ0v) is 50.8. The topological polar surface area (TPSA) is 352 Å². The van der Waals surface area contributed by atoms with Crippen molar-refractivity contribution in [2.24, 2.45) is 11.8 Å². The van der Waals surface area contributed by atoms with Crippen LogP contribution < -0.4 is 31.9 Å². The van der Waals surface area contributed by atoms with Crippen molar-refractivity contribution in [3.63, 3.8) is 0 Å².